The maximum atomic E-state index is 10.6. The molecule has 0 bridgehead atoms. The number of nitro groups is 1. The topological polar surface area (TPSA) is 88.7 Å². The van der Waals surface area contributed by atoms with Crippen LogP contribution < -0.4 is 4.74 Å². The third kappa shape index (κ3) is 5.65. The molecule has 0 saturated carbocycles. The minimum absolute atomic E-state index is 0.00843. The number of aromatic nitrogens is 1. The monoisotopic (exact) mass is 317 g/mol. The van der Waals surface area contributed by atoms with Gasteiger partial charge in [0.1, 0.15) is 18.5 Å². The number of nitro benzene ring substituents is 1. The van der Waals surface area contributed by atoms with Crippen molar-refractivity contribution in [2.75, 3.05) is 20.2 Å². The Morgan fingerprint density at radius 3 is 2.70 bits per heavy atom. The average Bonchev–Trinajstić information content (AvgIpc) is 2.54. The van der Waals surface area contributed by atoms with Crippen LogP contribution in [-0.2, 0) is 6.54 Å². The SMILES string of the molecule is CN(Cc1cccnc1)CC(O)COc1ccc([N+](=O)[O-])cc1. The molecule has 0 saturated heterocycles. The zero-order valence-corrected chi connectivity index (χ0v) is 12.8. The highest BCUT2D eigenvalue weighted by atomic mass is 16.6. The largest absolute Gasteiger partial charge is 0.491 e. The van der Waals surface area contributed by atoms with E-state index in [9.17, 15) is 15.2 Å². The molecule has 23 heavy (non-hydrogen) atoms. The van der Waals surface area contributed by atoms with Gasteiger partial charge in [0.25, 0.3) is 5.69 Å². The van der Waals surface area contributed by atoms with Gasteiger partial charge < -0.3 is 9.84 Å². The first-order valence-electron chi connectivity index (χ1n) is 7.17. The number of aliphatic hydroxyl groups excluding tert-OH is 1. The second-order valence-corrected chi connectivity index (χ2v) is 5.27. The molecule has 0 aliphatic heterocycles. The van der Waals surface area contributed by atoms with Crippen LogP contribution in [0.4, 0.5) is 5.69 Å². The van der Waals surface area contributed by atoms with Crippen LogP contribution in [0.25, 0.3) is 0 Å². The fourth-order valence-corrected chi connectivity index (χ4v) is 2.14. The van der Waals surface area contributed by atoms with Crippen LogP contribution in [0.3, 0.4) is 0 Å². The van der Waals surface area contributed by atoms with E-state index in [0.29, 0.717) is 18.8 Å². The summed E-state index contributed by atoms with van der Waals surface area (Å²) in [5.74, 6) is 0.490. The van der Waals surface area contributed by atoms with Crippen molar-refractivity contribution in [2.24, 2.45) is 0 Å². The van der Waals surface area contributed by atoms with Gasteiger partial charge in [-0.15, -0.1) is 0 Å². The van der Waals surface area contributed by atoms with Gasteiger partial charge in [-0.3, -0.25) is 20.0 Å². The van der Waals surface area contributed by atoms with Gasteiger partial charge in [-0.2, -0.15) is 0 Å². The number of pyridine rings is 1. The molecule has 1 heterocycles. The predicted octanol–water partition coefficient (Wildman–Crippen LogP) is 1.86. The number of ether oxygens (including phenoxy) is 1. The molecule has 1 unspecified atom stereocenters. The molecule has 122 valence electrons. The summed E-state index contributed by atoms with van der Waals surface area (Å²) < 4.78 is 5.44. The highest BCUT2D eigenvalue weighted by Crippen LogP contribution is 2.17. The van der Waals surface area contributed by atoms with Crippen molar-refractivity contribution in [3.8, 4) is 5.75 Å². The summed E-state index contributed by atoms with van der Waals surface area (Å²) in [4.78, 5) is 16.1. The standard InChI is InChI=1S/C16H19N3O4/c1-18(10-13-3-2-8-17-9-13)11-15(20)12-23-16-6-4-14(5-7-16)19(21)22/h2-9,15,20H,10-12H2,1H3. The Bertz CT molecular complexity index is 619. The van der Waals surface area contributed by atoms with Crippen molar-refractivity contribution in [1.82, 2.24) is 9.88 Å². The molecule has 2 rings (SSSR count). The van der Waals surface area contributed by atoms with Crippen LogP contribution in [0.1, 0.15) is 5.56 Å². The lowest BCUT2D eigenvalue weighted by Crippen LogP contribution is -2.32. The van der Waals surface area contributed by atoms with Crippen LogP contribution in [0, 0.1) is 10.1 Å². The minimum atomic E-state index is -0.660. The summed E-state index contributed by atoms with van der Waals surface area (Å²) in [6.07, 6.45) is 2.85. The number of rotatable bonds is 8. The Kier molecular flexibility index (Phi) is 6.02. The molecule has 0 radical (unpaired) electrons. The smallest absolute Gasteiger partial charge is 0.269 e. The van der Waals surface area contributed by atoms with Gasteiger partial charge in [0.15, 0.2) is 0 Å². The van der Waals surface area contributed by atoms with Crippen molar-refractivity contribution in [1.29, 1.82) is 0 Å². The van der Waals surface area contributed by atoms with E-state index in [4.69, 9.17) is 4.74 Å². The minimum Gasteiger partial charge on any atom is -0.491 e. The highest BCUT2D eigenvalue weighted by Gasteiger charge is 2.11. The Balaban J connectivity index is 1.76. The third-order valence-electron chi connectivity index (χ3n) is 3.19. The molecule has 0 aliphatic carbocycles. The first-order valence-corrected chi connectivity index (χ1v) is 7.17. The molecule has 7 heteroatoms. The lowest BCUT2D eigenvalue weighted by molar-refractivity contribution is -0.384. The summed E-state index contributed by atoms with van der Waals surface area (Å²) >= 11 is 0. The maximum Gasteiger partial charge on any atom is 0.269 e. The summed E-state index contributed by atoms with van der Waals surface area (Å²) in [5, 5.41) is 20.6. The molecule has 1 N–H and O–H groups in total. The predicted molar refractivity (Wildman–Crippen MR) is 85.2 cm³/mol. The fourth-order valence-electron chi connectivity index (χ4n) is 2.14. The molecule has 1 aromatic heterocycles. The van der Waals surface area contributed by atoms with Gasteiger partial charge in [-0.05, 0) is 30.8 Å². The average molecular weight is 317 g/mol. The molecule has 0 amide bonds. The number of hydrogen-bond acceptors (Lipinski definition) is 6. The molecule has 1 atom stereocenters. The second-order valence-electron chi connectivity index (χ2n) is 5.27. The van der Waals surface area contributed by atoms with Crippen LogP contribution in [-0.4, -0.2) is 46.2 Å². The maximum absolute atomic E-state index is 10.6. The van der Waals surface area contributed by atoms with E-state index in [0.717, 1.165) is 5.56 Å². The zero-order chi connectivity index (χ0) is 16.7. The van der Waals surface area contributed by atoms with Crippen molar-refractivity contribution >= 4 is 5.69 Å². The summed E-state index contributed by atoms with van der Waals surface area (Å²) in [5.41, 5.74) is 1.08. The first kappa shape index (κ1) is 16.9. The van der Waals surface area contributed by atoms with E-state index >= 15 is 0 Å². The molecule has 0 aliphatic rings. The van der Waals surface area contributed by atoms with Crippen molar-refractivity contribution in [2.45, 2.75) is 12.6 Å². The molecular weight excluding hydrogens is 298 g/mol. The van der Waals surface area contributed by atoms with Crippen LogP contribution in [0.5, 0.6) is 5.75 Å². The van der Waals surface area contributed by atoms with E-state index in [-0.39, 0.29) is 12.3 Å². The Morgan fingerprint density at radius 2 is 2.09 bits per heavy atom. The molecule has 1 aromatic carbocycles. The van der Waals surface area contributed by atoms with Gasteiger partial charge >= 0.3 is 0 Å². The summed E-state index contributed by atoms with van der Waals surface area (Å²) in [6.45, 7) is 1.25. The van der Waals surface area contributed by atoms with Gasteiger partial charge in [0, 0.05) is 37.6 Å². The number of nitrogens with zero attached hydrogens (tertiary/aromatic N) is 3. The number of aliphatic hydroxyl groups is 1. The summed E-state index contributed by atoms with van der Waals surface area (Å²) in [7, 11) is 1.90. The number of non-ortho nitro benzene ring substituents is 1. The van der Waals surface area contributed by atoms with Crippen molar-refractivity contribution in [3.05, 3.63) is 64.5 Å². The molecule has 7 nitrogen and oxygen atoms in total. The van der Waals surface area contributed by atoms with Gasteiger partial charge in [-0.25, -0.2) is 0 Å². The quantitative estimate of drug-likeness (QED) is 0.590. The van der Waals surface area contributed by atoms with Crippen LogP contribution in [0.15, 0.2) is 48.8 Å². The first-order chi connectivity index (χ1) is 11.0. The Hall–Kier alpha value is -2.51. The molecule has 0 spiro atoms. The number of hydrogen-bond donors (Lipinski definition) is 1. The van der Waals surface area contributed by atoms with Crippen molar-refractivity contribution in [3.63, 3.8) is 0 Å². The Morgan fingerprint density at radius 1 is 1.35 bits per heavy atom. The molecule has 0 fully saturated rings. The summed E-state index contributed by atoms with van der Waals surface area (Å²) in [6, 6.07) is 9.63. The van der Waals surface area contributed by atoms with E-state index in [1.54, 1.807) is 12.4 Å². The van der Waals surface area contributed by atoms with Gasteiger partial charge in [-0.1, -0.05) is 6.07 Å². The second kappa shape index (κ2) is 8.21. The highest BCUT2D eigenvalue weighted by molar-refractivity contribution is 5.35. The number of likely N-dealkylation sites (N-methyl/N-ethyl adjacent to an activating group) is 1. The van der Waals surface area contributed by atoms with Gasteiger partial charge in [0.2, 0.25) is 0 Å². The van der Waals surface area contributed by atoms with E-state index in [2.05, 4.69) is 4.98 Å². The van der Waals surface area contributed by atoms with Crippen LogP contribution >= 0.6 is 0 Å². The lowest BCUT2D eigenvalue weighted by atomic mass is 10.2. The van der Waals surface area contributed by atoms with Crippen LogP contribution in [0.2, 0.25) is 0 Å². The molecular formula is C16H19N3O4. The molecule has 2 aromatic rings. The lowest BCUT2D eigenvalue weighted by Gasteiger charge is -2.20. The van der Waals surface area contributed by atoms with E-state index in [1.165, 1.54) is 24.3 Å². The third-order valence-corrected chi connectivity index (χ3v) is 3.19. The Labute approximate surface area is 134 Å². The normalized spacial score (nSPS) is 12.1. The van der Waals surface area contributed by atoms with Crippen molar-refractivity contribution < 1.29 is 14.8 Å². The van der Waals surface area contributed by atoms with E-state index < -0.39 is 11.0 Å². The fraction of sp³-hybridized carbons (Fsp3) is 0.312. The van der Waals surface area contributed by atoms with E-state index in [1.807, 2.05) is 24.1 Å². The number of benzene rings is 1. The van der Waals surface area contributed by atoms with Gasteiger partial charge in [0.05, 0.1) is 4.92 Å². The zero-order valence-electron chi connectivity index (χ0n) is 12.8.